The maximum absolute atomic E-state index is 12.9. The molecule has 3 saturated heterocycles. The van der Waals surface area contributed by atoms with Gasteiger partial charge in [0.25, 0.3) is 0 Å². The number of rotatable bonds is 4. The molecule has 0 aromatic heterocycles. The smallest absolute Gasteiger partial charge is 0.228 e. The topological polar surface area (TPSA) is 68.3 Å². The van der Waals surface area contributed by atoms with Crippen molar-refractivity contribution >= 4 is 17.5 Å². The van der Waals surface area contributed by atoms with Gasteiger partial charge in [0.1, 0.15) is 5.75 Å². The van der Waals surface area contributed by atoms with Gasteiger partial charge in [-0.05, 0) is 37.1 Å². The first-order valence-electron chi connectivity index (χ1n) is 9.62. The van der Waals surface area contributed by atoms with E-state index in [-0.39, 0.29) is 30.4 Å². The lowest BCUT2D eigenvalue weighted by Gasteiger charge is -2.35. The van der Waals surface area contributed by atoms with Crippen LogP contribution in [0.2, 0.25) is 0 Å². The second kappa shape index (κ2) is 7.86. The Morgan fingerprint density at radius 2 is 1.78 bits per heavy atom. The number of piperidine rings is 1. The highest BCUT2D eigenvalue weighted by molar-refractivity contribution is 6.00. The molecule has 0 saturated carbocycles. The summed E-state index contributed by atoms with van der Waals surface area (Å²) < 4.78 is 16.4. The molecule has 0 radical (unpaired) electrons. The number of benzene rings is 1. The van der Waals surface area contributed by atoms with Crippen molar-refractivity contribution in [3.05, 3.63) is 24.3 Å². The minimum absolute atomic E-state index is 0.00107. The molecule has 0 spiro atoms. The van der Waals surface area contributed by atoms with Gasteiger partial charge in [0.15, 0.2) is 6.29 Å². The SMILES string of the molecule is COc1ccc(N2CC(C(=O)N3CCC(C4OCCO4)CC3)CC2=O)cc1. The Morgan fingerprint density at radius 1 is 1.11 bits per heavy atom. The van der Waals surface area contributed by atoms with Crippen LogP contribution < -0.4 is 9.64 Å². The van der Waals surface area contributed by atoms with E-state index in [4.69, 9.17) is 14.2 Å². The highest BCUT2D eigenvalue weighted by Gasteiger charge is 2.39. The minimum atomic E-state index is -0.268. The molecule has 2 amide bonds. The first-order valence-corrected chi connectivity index (χ1v) is 9.62. The summed E-state index contributed by atoms with van der Waals surface area (Å²) >= 11 is 0. The number of ether oxygens (including phenoxy) is 3. The number of carbonyl (C=O) groups excluding carboxylic acids is 2. The average Bonchev–Trinajstić information content (AvgIpc) is 3.38. The number of carbonyl (C=O) groups is 2. The Balaban J connectivity index is 1.33. The van der Waals surface area contributed by atoms with Gasteiger partial charge in [-0.2, -0.15) is 0 Å². The van der Waals surface area contributed by atoms with Crippen LogP contribution in [-0.4, -0.2) is 63.0 Å². The van der Waals surface area contributed by atoms with Crippen molar-refractivity contribution in [1.29, 1.82) is 0 Å². The van der Waals surface area contributed by atoms with Crippen LogP contribution in [0, 0.1) is 11.8 Å². The number of hydrogen-bond acceptors (Lipinski definition) is 5. The zero-order valence-corrected chi connectivity index (χ0v) is 15.6. The second-order valence-corrected chi connectivity index (χ2v) is 7.38. The summed E-state index contributed by atoms with van der Waals surface area (Å²) in [4.78, 5) is 29.0. The summed E-state index contributed by atoms with van der Waals surface area (Å²) in [7, 11) is 1.61. The number of nitrogens with zero attached hydrogens (tertiary/aromatic N) is 2. The Morgan fingerprint density at radius 3 is 2.41 bits per heavy atom. The van der Waals surface area contributed by atoms with Crippen molar-refractivity contribution in [2.24, 2.45) is 11.8 Å². The van der Waals surface area contributed by atoms with Crippen LogP contribution in [0.1, 0.15) is 19.3 Å². The fourth-order valence-corrected chi connectivity index (χ4v) is 4.18. The van der Waals surface area contributed by atoms with Crippen LogP contribution in [0.5, 0.6) is 5.75 Å². The van der Waals surface area contributed by atoms with Crippen LogP contribution in [0.3, 0.4) is 0 Å². The van der Waals surface area contributed by atoms with E-state index in [2.05, 4.69) is 0 Å². The Hall–Kier alpha value is -2.12. The van der Waals surface area contributed by atoms with Crippen LogP contribution in [0.4, 0.5) is 5.69 Å². The molecule has 7 nitrogen and oxygen atoms in total. The summed E-state index contributed by atoms with van der Waals surface area (Å²) in [6, 6.07) is 7.37. The van der Waals surface area contributed by atoms with Crippen molar-refractivity contribution < 1.29 is 23.8 Å². The van der Waals surface area contributed by atoms with E-state index in [1.54, 1.807) is 12.0 Å². The first-order chi connectivity index (χ1) is 13.2. The molecule has 0 N–H and O–H groups in total. The number of amides is 2. The quantitative estimate of drug-likeness (QED) is 0.802. The van der Waals surface area contributed by atoms with Gasteiger partial charge in [-0.25, -0.2) is 0 Å². The third kappa shape index (κ3) is 3.80. The zero-order valence-electron chi connectivity index (χ0n) is 15.6. The Labute approximate surface area is 159 Å². The van der Waals surface area contributed by atoms with Crippen molar-refractivity contribution in [3.8, 4) is 5.75 Å². The Bertz CT molecular complexity index is 678. The molecular weight excluding hydrogens is 348 g/mol. The van der Waals surface area contributed by atoms with Crippen molar-refractivity contribution in [3.63, 3.8) is 0 Å². The first kappa shape index (κ1) is 18.3. The van der Waals surface area contributed by atoms with Gasteiger partial charge in [0, 0.05) is 37.7 Å². The molecular formula is C20H26N2O5. The largest absolute Gasteiger partial charge is 0.497 e. The lowest BCUT2D eigenvalue weighted by Crippen LogP contribution is -2.44. The van der Waals surface area contributed by atoms with E-state index in [9.17, 15) is 9.59 Å². The summed E-state index contributed by atoms with van der Waals surface area (Å²) in [6.07, 6.45) is 1.94. The standard InChI is InChI=1S/C20H26N2O5/c1-25-17-4-2-16(3-5-17)22-13-15(12-18(22)23)19(24)21-8-6-14(7-9-21)20-26-10-11-27-20/h2-5,14-15,20H,6-13H2,1H3. The molecule has 3 heterocycles. The molecule has 7 heteroatoms. The molecule has 1 aromatic carbocycles. The van der Waals surface area contributed by atoms with Gasteiger partial charge in [-0.1, -0.05) is 0 Å². The number of hydrogen-bond donors (Lipinski definition) is 0. The summed E-state index contributed by atoms with van der Waals surface area (Å²) in [5.41, 5.74) is 0.810. The van der Waals surface area contributed by atoms with Gasteiger partial charge < -0.3 is 24.0 Å². The van der Waals surface area contributed by atoms with Crippen molar-refractivity contribution in [2.75, 3.05) is 44.9 Å². The van der Waals surface area contributed by atoms with E-state index < -0.39 is 0 Å². The molecule has 1 atom stereocenters. The summed E-state index contributed by atoms with van der Waals surface area (Å²) in [5.74, 6) is 0.927. The van der Waals surface area contributed by atoms with Gasteiger partial charge in [0.2, 0.25) is 11.8 Å². The second-order valence-electron chi connectivity index (χ2n) is 7.38. The third-order valence-electron chi connectivity index (χ3n) is 5.74. The molecule has 0 bridgehead atoms. The predicted molar refractivity (Wildman–Crippen MR) is 98.5 cm³/mol. The monoisotopic (exact) mass is 374 g/mol. The maximum Gasteiger partial charge on any atom is 0.228 e. The van der Waals surface area contributed by atoms with E-state index in [0.717, 1.165) is 24.3 Å². The molecule has 3 aliphatic rings. The average molecular weight is 374 g/mol. The van der Waals surface area contributed by atoms with Gasteiger partial charge in [-0.3, -0.25) is 9.59 Å². The summed E-state index contributed by atoms with van der Waals surface area (Å²) in [5, 5.41) is 0. The zero-order chi connectivity index (χ0) is 18.8. The van der Waals surface area contributed by atoms with Gasteiger partial charge >= 0.3 is 0 Å². The van der Waals surface area contributed by atoms with Crippen LogP contribution in [-0.2, 0) is 19.1 Å². The van der Waals surface area contributed by atoms with E-state index in [1.165, 1.54) is 0 Å². The Kier molecular flexibility index (Phi) is 5.31. The van der Waals surface area contributed by atoms with Crippen LogP contribution in [0.15, 0.2) is 24.3 Å². The minimum Gasteiger partial charge on any atom is -0.497 e. The van der Waals surface area contributed by atoms with Gasteiger partial charge in [-0.15, -0.1) is 0 Å². The fourth-order valence-electron chi connectivity index (χ4n) is 4.18. The van der Waals surface area contributed by atoms with Crippen LogP contribution in [0.25, 0.3) is 0 Å². The molecule has 27 heavy (non-hydrogen) atoms. The van der Waals surface area contributed by atoms with E-state index in [0.29, 0.717) is 38.8 Å². The van der Waals surface area contributed by atoms with Crippen molar-refractivity contribution in [1.82, 2.24) is 4.90 Å². The molecule has 3 aliphatic heterocycles. The molecule has 146 valence electrons. The summed E-state index contributed by atoms with van der Waals surface area (Å²) in [6.45, 7) is 3.18. The molecule has 3 fully saturated rings. The lowest BCUT2D eigenvalue weighted by molar-refractivity contribution is -0.140. The lowest BCUT2D eigenvalue weighted by atomic mass is 9.95. The normalized spacial score (nSPS) is 24.6. The molecule has 1 unspecified atom stereocenters. The highest BCUT2D eigenvalue weighted by atomic mass is 16.7. The molecule has 4 rings (SSSR count). The van der Waals surface area contributed by atoms with E-state index in [1.807, 2.05) is 29.2 Å². The van der Waals surface area contributed by atoms with Crippen molar-refractivity contribution in [2.45, 2.75) is 25.6 Å². The third-order valence-corrected chi connectivity index (χ3v) is 5.74. The van der Waals surface area contributed by atoms with Gasteiger partial charge in [0.05, 0.1) is 26.2 Å². The van der Waals surface area contributed by atoms with Crippen LogP contribution >= 0.6 is 0 Å². The molecule has 1 aromatic rings. The molecule has 0 aliphatic carbocycles. The van der Waals surface area contributed by atoms with E-state index >= 15 is 0 Å². The number of methoxy groups -OCH3 is 1. The fraction of sp³-hybridized carbons (Fsp3) is 0.600. The number of anilines is 1. The predicted octanol–water partition coefficient (Wildman–Crippen LogP) is 1.66. The number of likely N-dealkylation sites (tertiary alicyclic amines) is 1. The maximum atomic E-state index is 12.9. The highest BCUT2D eigenvalue weighted by Crippen LogP contribution is 2.30.